The van der Waals surface area contributed by atoms with E-state index < -0.39 is 0 Å². The summed E-state index contributed by atoms with van der Waals surface area (Å²) in [4.78, 5) is 23.9. The number of hydrogen-bond donors (Lipinski definition) is 1. The smallest absolute Gasteiger partial charge is 0.275 e. The number of amides is 1. The van der Waals surface area contributed by atoms with Gasteiger partial charge in [0.1, 0.15) is 16.5 Å². The number of nitrogens with zero attached hydrogens (tertiary/aromatic N) is 3. The SMILES string of the molecule is COc1cc(C2CCN(C(C)C)CC2)ccc1NC(=O)c1csc(-c2cccnc2)n1. The van der Waals surface area contributed by atoms with E-state index >= 15 is 0 Å². The zero-order valence-corrected chi connectivity index (χ0v) is 19.0. The lowest BCUT2D eigenvalue weighted by atomic mass is 9.88. The summed E-state index contributed by atoms with van der Waals surface area (Å²) in [5.74, 6) is 0.955. The Balaban J connectivity index is 1.45. The minimum absolute atomic E-state index is 0.248. The molecule has 7 heteroatoms. The van der Waals surface area contributed by atoms with E-state index in [4.69, 9.17) is 4.74 Å². The molecule has 2 aromatic heterocycles. The molecule has 0 bridgehead atoms. The molecule has 1 aliphatic rings. The highest BCUT2D eigenvalue weighted by Gasteiger charge is 2.23. The van der Waals surface area contributed by atoms with Gasteiger partial charge in [0.2, 0.25) is 0 Å². The van der Waals surface area contributed by atoms with Crippen molar-refractivity contribution >= 4 is 22.9 Å². The van der Waals surface area contributed by atoms with Crippen molar-refractivity contribution in [3.8, 4) is 16.3 Å². The van der Waals surface area contributed by atoms with Gasteiger partial charge in [-0.05, 0) is 75.5 Å². The molecule has 1 amide bonds. The van der Waals surface area contributed by atoms with Crippen LogP contribution in [-0.2, 0) is 0 Å². The number of rotatable bonds is 6. The maximum Gasteiger partial charge on any atom is 0.275 e. The Labute approximate surface area is 187 Å². The summed E-state index contributed by atoms with van der Waals surface area (Å²) in [7, 11) is 1.64. The summed E-state index contributed by atoms with van der Waals surface area (Å²) in [6, 6.07) is 10.5. The van der Waals surface area contributed by atoms with Crippen molar-refractivity contribution in [3.05, 3.63) is 59.4 Å². The topological polar surface area (TPSA) is 67.3 Å². The summed E-state index contributed by atoms with van der Waals surface area (Å²) in [5.41, 5.74) is 3.21. The van der Waals surface area contributed by atoms with Crippen LogP contribution in [0.1, 0.15) is 48.7 Å². The number of pyridine rings is 1. The Morgan fingerprint density at radius 2 is 2.06 bits per heavy atom. The molecule has 0 unspecified atom stereocenters. The number of hydrogen-bond acceptors (Lipinski definition) is 6. The predicted molar refractivity (Wildman–Crippen MR) is 125 cm³/mol. The van der Waals surface area contributed by atoms with Crippen LogP contribution in [-0.4, -0.2) is 47.0 Å². The van der Waals surface area contributed by atoms with E-state index in [-0.39, 0.29) is 5.91 Å². The van der Waals surface area contributed by atoms with Gasteiger partial charge in [0.15, 0.2) is 0 Å². The summed E-state index contributed by atoms with van der Waals surface area (Å²) in [6.45, 7) is 6.74. The number of likely N-dealkylation sites (tertiary alicyclic amines) is 1. The van der Waals surface area contributed by atoms with Gasteiger partial charge in [-0.2, -0.15) is 0 Å². The molecule has 0 atom stereocenters. The Kier molecular flexibility index (Phi) is 6.63. The van der Waals surface area contributed by atoms with Crippen molar-refractivity contribution in [3.63, 3.8) is 0 Å². The first-order valence-corrected chi connectivity index (χ1v) is 11.5. The summed E-state index contributed by atoms with van der Waals surface area (Å²) < 4.78 is 5.60. The molecule has 1 aliphatic heterocycles. The zero-order valence-electron chi connectivity index (χ0n) is 18.2. The number of piperidine rings is 1. The molecule has 0 spiro atoms. The molecule has 0 radical (unpaired) electrons. The van der Waals surface area contributed by atoms with Crippen molar-refractivity contribution < 1.29 is 9.53 Å². The lowest BCUT2D eigenvalue weighted by Crippen LogP contribution is -2.37. The lowest BCUT2D eigenvalue weighted by Gasteiger charge is -2.35. The van der Waals surface area contributed by atoms with Crippen molar-refractivity contribution in [2.45, 2.75) is 38.6 Å². The van der Waals surface area contributed by atoms with Gasteiger partial charge in [0.05, 0.1) is 12.8 Å². The third kappa shape index (κ3) is 4.94. The molecule has 1 saturated heterocycles. The van der Waals surface area contributed by atoms with E-state index in [1.807, 2.05) is 18.2 Å². The van der Waals surface area contributed by atoms with Gasteiger partial charge in [-0.15, -0.1) is 11.3 Å². The minimum atomic E-state index is -0.248. The van der Waals surface area contributed by atoms with Gasteiger partial charge in [-0.1, -0.05) is 6.07 Å². The van der Waals surface area contributed by atoms with Gasteiger partial charge in [0.25, 0.3) is 5.91 Å². The van der Waals surface area contributed by atoms with Crippen LogP contribution in [0.15, 0.2) is 48.1 Å². The van der Waals surface area contributed by atoms with E-state index in [9.17, 15) is 4.79 Å². The fourth-order valence-corrected chi connectivity index (χ4v) is 4.79. The maximum atomic E-state index is 12.8. The number of anilines is 1. The number of thiazole rings is 1. The summed E-state index contributed by atoms with van der Waals surface area (Å²) >= 11 is 1.43. The first-order chi connectivity index (χ1) is 15.0. The normalized spacial score (nSPS) is 15.2. The molecule has 6 nitrogen and oxygen atoms in total. The lowest BCUT2D eigenvalue weighted by molar-refractivity contribution is 0.102. The van der Waals surface area contributed by atoms with Crippen LogP contribution in [0.5, 0.6) is 5.75 Å². The van der Waals surface area contributed by atoms with E-state index in [2.05, 4.69) is 46.2 Å². The molecule has 4 rings (SSSR count). The first-order valence-electron chi connectivity index (χ1n) is 10.6. The molecule has 1 fully saturated rings. The van der Waals surface area contributed by atoms with Gasteiger partial charge in [-0.25, -0.2) is 4.98 Å². The molecule has 1 aromatic carbocycles. The molecule has 1 N–H and O–H groups in total. The first kappa shape index (κ1) is 21.5. The molecular weight excluding hydrogens is 408 g/mol. The number of carbonyl (C=O) groups excluding carboxylic acids is 1. The van der Waals surface area contributed by atoms with E-state index in [0.717, 1.165) is 36.5 Å². The van der Waals surface area contributed by atoms with Crippen molar-refractivity contribution in [2.75, 3.05) is 25.5 Å². The van der Waals surface area contributed by atoms with Crippen LogP contribution in [0.4, 0.5) is 5.69 Å². The van der Waals surface area contributed by atoms with E-state index in [1.54, 1.807) is 24.9 Å². The maximum absolute atomic E-state index is 12.8. The van der Waals surface area contributed by atoms with Gasteiger partial charge < -0.3 is 15.0 Å². The molecule has 31 heavy (non-hydrogen) atoms. The summed E-state index contributed by atoms with van der Waals surface area (Å²) in [6.07, 6.45) is 5.74. The van der Waals surface area contributed by atoms with Gasteiger partial charge in [0, 0.05) is 29.4 Å². The fraction of sp³-hybridized carbons (Fsp3) is 0.375. The number of aromatic nitrogens is 2. The van der Waals surface area contributed by atoms with Crippen LogP contribution in [0.25, 0.3) is 10.6 Å². The third-order valence-electron chi connectivity index (χ3n) is 5.85. The van der Waals surface area contributed by atoms with E-state index in [1.165, 1.54) is 16.9 Å². The summed E-state index contributed by atoms with van der Waals surface area (Å²) in [5, 5.41) is 5.49. The van der Waals surface area contributed by atoms with Crippen molar-refractivity contribution in [1.82, 2.24) is 14.9 Å². The second kappa shape index (κ2) is 9.58. The van der Waals surface area contributed by atoms with Crippen LogP contribution in [0, 0.1) is 0 Å². The number of ether oxygens (including phenoxy) is 1. The number of benzene rings is 1. The molecule has 162 valence electrons. The minimum Gasteiger partial charge on any atom is -0.495 e. The molecule has 3 aromatic rings. The quantitative estimate of drug-likeness (QED) is 0.585. The number of carbonyl (C=O) groups is 1. The fourth-order valence-electron chi connectivity index (χ4n) is 4.00. The second-order valence-electron chi connectivity index (χ2n) is 8.10. The molecule has 3 heterocycles. The Morgan fingerprint density at radius 1 is 1.26 bits per heavy atom. The highest BCUT2D eigenvalue weighted by molar-refractivity contribution is 7.13. The largest absolute Gasteiger partial charge is 0.495 e. The van der Waals surface area contributed by atoms with Crippen LogP contribution < -0.4 is 10.1 Å². The average Bonchev–Trinajstić information content (AvgIpc) is 3.30. The Bertz CT molecular complexity index is 1030. The highest BCUT2D eigenvalue weighted by Crippen LogP contribution is 2.34. The van der Waals surface area contributed by atoms with Crippen LogP contribution in [0.3, 0.4) is 0 Å². The van der Waals surface area contributed by atoms with Crippen LogP contribution in [0.2, 0.25) is 0 Å². The number of nitrogens with one attached hydrogen (secondary N) is 1. The highest BCUT2D eigenvalue weighted by atomic mass is 32.1. The molecule has 0 aliphatic carbocycles. The predicted octanol–water partition coefficient (Wildman–Crippen LogP) is 5.05. The standard InChI is InChI=1S/C24H28N4O2S/c1-16(2)28-11-8-17(9-12-28)18-6-7-20(22(13-18)30-3)26-23(29)21-15-31-24(27-21)19-5-4-10-25-14-19/h4-7,10,13-17H,8-9,11-12H2,1-3H3,(H,26,29). The zero-order chi connectivity index (χ0) is 21.8. The Hall–Kier alpha value is -2.77. The molecule has 0 saturated carbocycles. The van der Waals surface area contributed by atoms with Gasteiger partial charge >= 0.3 is 0 Å². The molecular formula is C24H28N4O2S. The monoisotopic (exact) mass is 436 g/mol. The second-order valence-corrected chi connectivity index (χ2v) is 8.96. The van der Waals surface area contributed by atoms with Gasteiger partial charge in [-0.3, -0.25) is 9.78 Å². The third-order valence-corrected chi connectivity index (χ3v) is 6.74. The van der Waals surface area contributed by atoms with E-state index in [0.29, 0.717) is 29.1 Å². The van der Waals surface area contributed by atoms with Crippen molar-refractivity contribution in [2.24, 2.45) is 0 Å². The average molecular weight is 437 g/mol. The van der Waals surface area contributed by atoms with Crippen molar-refractivity contribution in [1.29, 1.82) is 0 Å². The Morgan fingerprint density at radius 3 is 2.74 bits per heavy atom. The van der Waals surface area contributed by atoms with Crippen LogP contribution >= 0.6 is 11.3 Å². The number of methoxy groups -OCH3 is 1.